The Morgan fingerprint density at radius 2 is 1.31 bits per heavy atom. The highest BCUT2D eigenvalue weighted by Crippen LogP contribution is 2.37. The van der Waals surface area contributed by atoms with Gasteiger partial charge in [-0.25, -0.2) is 18.1 Å². The maximum Gasteiger partial charge on any atom is 0.416 e. The molecule has 6 rings (SSSR count). The third kappa shape index (κ3) is 9.69. The molecule has 274 valence electrons. The number of fused-ring (bicyclic) bond motifs is 1. The third-order valence-electron chi connectivity index (χ3n) is 9.73. The van der Waals surface area contributed by atoms with E-state index in [1.54, 1.807) is 0 Å². The van der Waals surface area contributed by atoms with E-state index in [9.17, 15) is 34.8 Å². The molecule has 0 bridgehead atoms. The van der Waals surface area contributed by atoms with Gasteiger partial charge in [-0.1, -0.05) is 42.5 Å². The van der Waals surface area contributed by atoms with Crippen LogP contribution in [0.2, 0.25) is 0 Å². The van der Waals surface area contributed by atoms with Crippen molar-refractivity contribution in [3.63, 3.8) is 0 Å². The zero-order chi connectivity index (χ0) is 36.2. The van der Waals surface area contributed by atoms with Gasteiger partial charge in [-0.15, -0.1) is 0 Å². The first-order valence-corrected chi connectivity index (χ1v) is 18.5. The largest absolute Gasteiger partial charge is 0.416 e. The first kappa shape index (κ1) is 36.8. The van der Waals surface area contributed by atoms with Gasteiger partial charge in [0, 0.05) is 44.2 Å². The highest BCUT2D eigenvalue weighted by molar-refractivity contribution is 7.89. The van der Waals surface area contributed by atoms with Crippen molar-refractivity contribution in [1.29, 1.82) is 0 Å². The smallest absolute Gasteiger partial charge is 0.367 e. The molecule has 3 N–H and O–H groups in total. The summed E-state index contributed by atoms with van der Waals surface area (Å²) in [5.74, 6) is 1.42. The number of benzene rings is 3. The summed E-state index contributed by atoms with van der Waals surface area (Å²) in [4.78, 5) is 11.0. The molecule has 1 saturated heterocycles. The van der Waals surface area contributed by atoms with E-state index < -0.39 is 38.4 Å². The summed E-state index contributed by atoms with van der Waals surface area (Å²) in [6.45, 7) is 3.40. The Morgan fingerprint density at radius 3 is 1.94 bits per heavy atom. The first-order chi connectivity index (χ1) is 24.2. The topological polar surface area (TPSA) is 99.2 Å². The van der Waals surface area contributed by atoms with Crippen LogP contribution in [0.25, 0.3) is 10.9 Å². The monoisotopic (exact) mass is 734 g/mol. The second-order valence-corrected chi connectivity index (χ2v) is 15.2. The quantitative estimate of drug-likeness (QED) is 0.135. The van der Waals surface area contributed by atoms with Gasteiger partial charge in [-0.2, -0.15) is 31.3 Å². The molecule has 0 atom stereocenters. The van der Waals surface area contributed by atoms with E-state index in [-0.39, 0.29) is 42.6 Å². The lowest BCUT2D eigenvalue weighted by Gasteiger charge is -2.33. The maximum atomic E-state index is 13.3. The van der Waals surface area contributed by atoms with Crippen molar-refractivity contribution >= 4 is 32.7 Å². The van der Waals surface area contributed by atoms with Gasteiger partial charge in [0.15, 0.2) is 0 Å². The van der Waals surface area contributed by atoms with E-state index >= 15 is 0 Å². The summed E-state index contributed by atoms with van der Waals surface area (Å²) >= 11 is 0. The summed E-state index contributed by atoms with van der Waals surface area (Å²) in [5.41, 5.74) is -1.23. The van der Waals surface area contributed by atoms with Crippen LogP contribution in [0, 0.1) is 11.8 Å². The van der Waals surface area contributed by atoms with Crippen molar-refractivity contribution in [2.24, 2.45) is 11.8 Å². The van der Waals surface area contributed by atoms with Crippen molar-refractivity contribution in [2.75, 3.05) is 36.8 Å². The van der Waals surface area contributed by atoms with Crippen LogP contribution in [0.3, 0.4) is 0 Å². The first-order valence-electron chi connectivity index (χ1n) is 17.1. The molecule has 0 unspecified atom stereocenters. The molecule has 2 fully saturated rings. The van der Waals surface area contributed by atoms with Crippen LogP contribution < -0.4 is 15.4 Å². The number of aromatic nitrogens is 2. The lowest BCUT2D eigenvalue weighted by Crippen LogP contribution is -2.38. The van der Waals surface area contributed by atoms with Crippen LogP contribution in [0.4, 0.5) is 38.1 Å². The van der Waals surface area contributed by atoms with Gasteiger partial charge in [-0.05, 0) is 86.3 Å². The second-order valence-electron chi connectivity index (χ2n) is 13.5. The van der Waals surface area contributed by atoms with Crippen molar-refractivity contribution < 1.29 is 34.8 Å². The molecule has 0 radical (unpaired) electrons. The predicted octanol–water partition coefficient (Wildman–Crippen LogP) is 7.94. The summed E-state index contributed by atoms with van der Waals surface area (Å²) in [5, 5.41) is 7.99. The third-order valence-corrected chi connectivity index (χ3v) is 11.1. The molecule has 0 spiro atoms. The number of halogens is 6. The fourth-order valence-electron chi connectivity index (χ4n) is 6.80. The van der Waals surface area contributed by atoms with E-state index in [0.29, 0.717) is 25.3 Å². The van der Waals surface area contributed by atoms with Gasteiger partial charge < -0.3 is 10.6 Å². The maximum absolute atomic E-state index is 13.3. The number of nitrogens with one attached hydrogen (secondary N) is 3. The Bertz CT molecular complexity index is 1860. The van der Waals surface area contributed by atoms with Crippen LogP contribution in [-0.2, 0) is 28.9 Å². The molecular formula is C36H40F6N6O2S. The van der Waals surface area contributed by atoms with E-state index in [4.69, 9.17) is 9.97 Å². The number of para-hydroxylation sites is 1. The van der Waals surface area contributed by atoms with Gasteiger partial charge in [-0.3, -0.25) is 4.90 Å². The average Bonchev–Trinajstić information content (AvgIpc) is 3.11. The van der Waals surface area contributed by atoms with Crippen molar-refractivity contribution in [1.82, 2.24) is 19.6 Å². The molecule has 0 amide bonds. The fourth-order valence-corrected chi connectivity index (χ4v) is 7.99. The number of hydrogen-bond acceptors (Lipinski definition) is 7. The Hall–Kier alpha value is -3.95. The van der Waals surface area contributed by atoms with Crippen molar-refractivity contribution in [3.05, 3.63) is 89.5 Å². The molecule has 15 heteroatoms. The fraction of sp³-hybridized carbons (Fsp3) is 0.444. The highest BCUT2D eigenvalue weighted by Gasteiger charge is 2.38. The van der Waals surface area contributed by atoms with E-state index in [1.807, 2.05) is 30.3 Å². The summed E-state index contributed by atoms with van der Waals surface area (Å²) in [6.07, 6.45) is -5.53. The highest BCUT2D eigenvalue weighted by atomic mass is 32.2. The number of hydrogen-bond donors (Lipinski definition) is 3. The van der Waals surface area contributed by atoms with Crippen LogP contribution in [0.1, 0.15) is 55.2 Å². The van der Waals surface area contributed by atoms with E-state index in [2.05, 4.69) is 44.5 Å². The molecule has 1 aromatic heterocycles. The molecule has 1 aliphatic heterocycles. The lowest BCUT2D eigenvalue weighted by atomic mass is 9.82. The molecule has 4 aromatic rings. The van der Waals surface area contributed by atoms with Gasteiger partial charge in [0.05, 0.1) is 21.5 Å². The van der Waals surface area contributed by atoms with E-state index in [0.717, 1.165) is 62.0 Å². The minimum Gasteiger partial charge on any atom is -0.367 e. The average molecular weight is 735 g/mol. The number of nitrogens with zero attached hydrogens (tertiary/aromatic N) is 3. The predicted molar refractivity (Wildman–Crippen MR) is 183 cm³/mol. The SMILES string of the molecule is O=S(=O)(NC[C@H]1CC[C@H](CNc2nc(NC3CCN(Cc4ccccc4)CC3)c3ccccc3n2)CC1)c1cc(C(F)(F)F)cc(C(F)(F)F)c1. The van der Waals surface area contributed by atoms with Crippen LogP contribution in [0.5, 0.6) is 0 Å². The molecule has 3 aromatic carbocycles. The van der Waals surface area contributed by atoms with Crippen LogP contribution >= 0.6 is 0 Å². The Kier molecular flexibility index (Phi) is 11.1. The van der Waals surface area contributed by atoms with Crippen LogP contribution in [0.15, 0.2) is 77.7 Å². The van der Waals surface area contributed by atoms with Crippen molar-refractivity contribution in [3.8, 4) is 0 Å². The zero-order valence-corrected chi connectivity index (χ0v) is 28.6. The zero-order valence-electron chi connectivity index (χ0n) is 27.8. The lowest BCUT2D eigenvalue weighted by molar-refractivity contribution is -0.143. The van der Waals surface area contributed by atoms with Crippen LogP contribution in [-0.4, -0.2) is 55.5 Å². The van der Waals surface area contributed by atoms with Gasteiger partial charge in [0.1, 0.15) is 5.82 Å². The molecule has 8 nitrogen and oxygen atoms in total. The molecule has 1 saturated carbocycles. The van der Waals surface area contributed by atoms with Gasteiger partial charge in [0.2, 0.25) is 16.0 Å². The minimum atomic E-state index is -5.14. The Morgan fingerprint density at radius 1 is 0.725 bits per heavy atom. The Balaban J connectivity index is 1.01. The number of sulfonamides is 1. The second kappa shape index (κ2) is 15.3. The summed E-state index contributed by atoms with van der Waals surface area (Å²) in [6, 6.07) is 18.9. The van der Waals surface area contributed by atoms with Gasteiger partial charge >= 0.3 is 12.4 Å². The number of piperidine rings is 1. The summed E-state index contributed by atoms with van der Waals surface area (Å²) in [7, 11) is -4.62. The number of likely N-dealkylation sites (tertiary alicyclic amines) is 1. The number of rotatable bonds is 11. The molecule has 1 aliphatic carbocycles. The van der Waals surface area contributed by atoms with Gasteiger partial charge in [0.25, 0.3) is 0 Å². The molecule has 51 heavy (non-hydrogen) atoms. The van der Waals surface area contributed by atoms with E-state index in [1.165, 1.54) is 5.56 Å². The summed E-state index contributed by atoms with van der Waals surface area (Å²) < 4.78 is 107. The molecule has 2 heterocycles. The molecular weight excluding hydrogens is 694 g/mol. The Labute approximate surface area is 293 Å². The standard InChI is InChI=1S/C36H40F6N6O2S/c37-35(38,39)27-18-28(36(40,41)42)20-30(19-27)51(49,50)44-22-25-12-10-24(11-13-25)21-43-34-46-32-9-5-4-8-31(32)33(47-34)45-29-14-16-48(17-15-29)23-26-6-2-1-3-7-26/h1-9,18-20,24-25,29,44H,10-17,21-23H2,(H2,43,45,46,47)/t24-,25-. The number of alkyl halides is 6. The number of anilines is 2. The van der Waals surface area contributed by atoms with Crippen molar-refractivity contribution in [2.45, 2.75) is 68.4 Å². The molecule has 2 aliphatic rings. The minimum absolute atomic E-state index is 0.0892. The normalized spacial score (nSPS) is 19.6.